The summed E-state index contributed by atoms with van der Waals surface area (Å²) in [5.74, 6) is -0.272. The molecule has 0 unspecified atom stereocenters. The van der Waals surface area contributed by atoms with Crippen LogP contribution in [0.3, 0.4) is 0 Å². The van der Waals surface area contributed by atoms with Gasteiger partial charge >= 0.3 is 5.97 Å². The number of carbonyl (C=O) groups is 1. The number of hydrogen-bond donors (Lipinski definition) is 1. The number of anilines is 1. The minimum absolute atomic E-state index is 0.272. The summed E-state index contributed by atoms with van der Waals surface area (Å²) in [6, 6.07) is 5.59. The maximum Gasteiger partial charge on any atom is 0.338 e. The summed E-state index contributed by atoms with van der Waals surface area (Å²) in [5.41, 5.74) is 1.62. The molecule has 1 N–H and O–H groups in total. The molecule has 0 aliphatic carbocycles. The van der Waals surface area contributed by atoms with Crippen LogP contribution < -0.4 is 5.32 Å². The fraction of sp³-hybridized carbons (Fsp3) is 0.720. The van der Waals surface area contributed by atoms with Crippen LogP contribution in [0.4, 0.5) is 5.69 Å². The Hall–Kier alpha value is -1.03. The van der Waals surface area contributed by atoms with Crippen LogP contribution in [0.2, 0.25) is 0 Å². The van der Waals surface area contributed by atoms with Crippen molar-refractivity contribution in [2.45, 2.75) is 104 Å². The van der Waals surface area contributed by atoms with Crippen LogP contribution in [-0.4, -0.2) is 19.1 Å². The Bertz CT molecular complexity index is 548. The average molecular weight is 469 g/mol. The molecule has 29 heavy (non-hydrogen) atoms. The molecule has 0 aromatic heterocycles. The lowest BCUT2D eigenvalue weighted by molar-refractivity contribution is 0.0526. The molecule has 166 valence electrons. The molecule has 0 radical (unpaired) electrons. The molecule has 0 amide bonds. The lowest BCUT2D eigenvalue weighted by atomic mass is 10.0. The molecule has 0 spiro atoms. The number of nitrogens with one attached hydrogen (secondary N) is 1. The minimum atomic E-state index is -0.272. The van der Waals surface area contributed by atoms with Crippen molar-refractivity contribution >= 4 is 27.6 Å². The van der Waals surface area contributed by atoms with Gasteiger partial charge in [0.1, 0.15) is 0 Å². The number of unbranched alkanes of at least 4 members (excludes halogenated alkanes) is 13. The Morgan fingerprint density at radius 3 is 1.83 bits per heavy atom. The van der Waals surface area contributed by atoms with Crippen molar-refractivity contribution in [3.8, 4) is 0 Å². The van der Waals surface area contributed by atoms with E-state index in [-0.39, 0.29) is 5.97 Å². The molecular weight excluding hydrogens is 426 g/mol. The monoisotopic (exact) mass is 467 g/mol. The van der Waals surface area contributed by atoms with Gasteiger partial charge in [-0.3, -0.25) is 0 Å². The molecule has 0 saturated carbocycles. The molecule has 1 aromatic carbocycles. The zero-order valence-electron chi connectivity index (χ0n) is 18.7. The summed E-state index contributed by atoms with van der Waals surface area (Å²) in [5, 5.41) is 3.46. The van der Waals surface area contributed by atoms with E-state index in [4.69, 9.17) is 4.74 Å². The maximum atomic E-state index is 11.8. The summed E-state index contributed by atoms with van der Waals surface area (Å²) < 4.78 is 5.94. The van der Waals surface area contributed by atoms with E-state index in [0.717, 1.165) is 16.7 Å². The Balaban J connectivity index is 1.96. The zero-order chi connectivity index (χ0) is 21.2. The van der Waals surface area contributed by atoms with Crippen molar-refractivity contribution in [2.24, 2.45) is 0 Å². The Kier molecular flexibility index (Phi) is 16.0. The molecule has 1 rings (SSSR count). The summed E-state index contributed by atoms with van der Waals surface area (Å²) >= 11 is 3.54. The van der Waals surface area contributed by atoms with Crippen LogP contribution in [0.5, 0.6) is 0 Å². The van der Waals surface area contributed by atoms with E-state index in [0.29, 0.717) is 12.2 Å². The fourth-order valence-electron chi connectivity index (χ4n) is 3.54. The third-order valence-corrected chi connectivity index (χ3v) is 5.98. The van der Waals surface area contributed by atoms with Crippen LogP contribution in [0, 0.1) is 0 Å². The lowest BCUT2D eigenvalue weighted by Gasteiger charge is -2.10. The second kappa shape index (κ2) is 17.8. The molecule has 0 heterocycles. The van der Waals surface area contributed by atoms with Crippen molar-refractivity contribution < 1.29 is 9.53 Å². The van der Waals surface area contributed by atoms with Gasteiger partial charge in [-0.15, -0.1) is 0 Å². The predicted octanol–water partition coefficient (Wildman–Crippen LogP) is 8.52. The second-order valence-electron chi connectivity index (χ2n) is 7.94. The van der Waals surface area contributed by atoms with Crippen LogP contribution >= 0.6 is 15.9 Å². The number of hydrogen-bond acceptors (Lipinski definition) is 3. The largest absolute Gasteiger partial charge is 0.462 e. The fourth-order valence-corrected chi connectivity index (χ4v) is 4.06. The summed E-state index contributed by atoms with van der Waals surface area (Å²) in [6.07, 6.45) is 19.3. The van der Waals surface area contributed by atoms with Crippen molar-refractivity contribution in [1.29, 1.82) is 0 Å². The van der Waals surface area contributed by atoms with E-state index in [1.54, 1.807) is 0 Å². The molecule has 1 aromatic rings. The third-order valence-electron chi connectivity index (χ3n) is 5.33. The van der Waals surface area contributed by atoms with Crippen LogP contribution in [0.15, 0.2) is 22.7 Å². The number of halogens is 1. The number of benzene rings is 1. The van der Waals surface area contributed by atoms with Gasteiger partial charge in [-0.05, 0) is 47.5 Å². The molecular formula is C25H42BrNO2. The van der Waals surface area contributed by atoms with Gasteiger partial charge in [-0.2, -0.15) is 0 Å². The first-order valence-electron chi connectivity index (χ1n) is 11.9. The topological polar surface area (TPSA) is 38.3 Å². The Labute approximate surface area is 187 Å². The standard InChI is InChI=1S/C25H42BrNO2/c1-3-5-6-7-8-9-10-11-12-13-14-15-16-17-20-27-24-19-18-22(21-23(24)26)25(28)29-4-2/h18-19,21,27H,3-17,20H2,1-2H3. The third kappa shape index (κ3) is 13.0. The number of rotatable bonds is 18. The van der Waals surface area contributed by atoms with Gasteiger partial charge in [-0.25, -0.2) is 4.79 Å². The molecule has 3 nitrogen and oxygen atoms in total. The molecule has 0 bridgehead atoms. The van der Waals surface area contributed by atoms with Crippen LogP contribution in [0.25, 0.3) is 0 Å². The lowest BCUT2D eigenvalue weighted by Crippen LogP contribution is -2.06. The Morgan fingerprint density at radius 1 is 0.828 bits per heavy atom. The minimum Gasteiger partial charge on any atom is -0.462 e. The highest BCUT2D eigenvalue weighted by molar-refractivity contribution is 9.10. The van der Waals surface area contributed by atoms with E-state index in [2.05, 4.69) is 28.2 Å². The molecule has 0 atom stereocenters. The first kappa shape index (κ1) is 26.0. The van der Waals surface area contributed by atoms with Gasteiger partial charge in [0, 0.05) is 16.7 Å². The summed E-state index contributed by atoms with van der Waals surface area (Å²) in [7, 11) is 0. The van der Waals surface area contributed by atoms with Crippen LogP contribution in [0.1, 0.15) is 114 Å². The smallest absolute Gasteiger partial charge is 0.338 e. The molecule has 0 aliphatic heterocycles. The van der Waals surface area contributed by atoms with Crippen LogP contribution in [-0.2, 0) is 4.74 Å². The molecule has 0 fully saturated rings. The highest BCUT2D eigenvalue weighted by Gasteiger charge is 2.08. The number of esters is 1. The first-order valence-corrected chi connectivity index (χ1v) is 12.7. The van der Waals surface area contributed by atoms with Crippen molar-refractivity contribution in [1.82, 2.24) is 0 Å². The number of ether oxygens (including phenoxy) is 1. The van der Waals surface area contributed by atoms with E-state index in [9.17, 15) is 4.79 Å². The van der Waals surface area contributed by atoms with Gasteiger partial charge in [0.25, 0.3) is 0 Å². The van der Waals surface area contributed by atoms with Crippen molar-refractivity contribution in [2.75, 3.05) is 18.5 Å². The molecule has 0 aliphatic rings. The normalized spacial score (nSPS) is 10.9. The predicted molar refractivity (Wildman–Crippen MR) is 129 cm³/mol. The maximum absolute atomic E-state index is 11.8. The van der Waals surface area contributed by atoms with Crippen molar-refractivity contribution in [3.05, 3.63) is 28.2 Å². The van der Waals surface area contributed by atoms with Gasteiger partial charge in [0.15, 0.2) is 0 Å². The zero-order valence-corrected chi connectivity index (χ0v) is 20.3. The van der Waals surface area contributed by atoms with Gasteiger partial charge in [0.05, 0.1) is 12.2 Å². The SMILES string of the molecule is CCCCCCCCCCCCCCCCNc1ccc(C(=O)OCC)cc1Br. The Morgan fingerprint density at radius 2 is 1.34 bits per heavy atom. The summed E-state index contributed by atoms with van der Waals surface area (Å²) in [4.78, 5) is 11.8. The van der Waals surface area contributed by atoms with Gasteiger partial charge < -0.3 is 10.1 Å². The van der Waals surface area contributed by atoms with Gasteiger partial charge in [0.2, 0.25) is 0 Å². The molecule has 4 heteroatoms. The first-order chi connectivity index (χ1) is 14.2. The quantitative estimate of drug-likeness (QED) is 0.173. The van der Waals surface area contributed by atoms with E-state index in [1.807, 2.05) is 25.1 Å². The van der Waals surface area contributed by atoms with E-state index < -0.39 is 0 Å². The van der Waals surface area contributed by atoms with E-state index >= 15 is 0 Å². The van der Waals surface area contributed by atoms with E-state index in [1.165, 1.54) is 89.9 Å². The highest BCUT2D eigenvalue weighted by Crippen LogP contribution is 2.24. The summed E-state index contributed by atoms with van der Waals surface area (Å²) in [6.45, 7) is 5.47. The molecule has 0 saturated heterocycles. The van der Waals surface area contributed by atoms with Crippen molar-refractivity contribution in [3.63, 3.8) is 0 Å². The average Bonchev–Trinajstić information content (AvgIpc) is 2.72. The van der Waals surface area contributed by atoms with Gasteiger partial charge in [-0.1, -0.05) is 90.4 Å². The highest BCUT2D eigenvalue weighted by atomic mass is 79.9. The number of carbonyl (C=O) groups excluding carboxylic acids is 1. The second-order valence-corrected chi connectivity index (χ2v) is 8.79.